The van der Waals surface area contributed by atoms with E-state index >= 15 is 0 Å². The van der Waals surface area contributed by atoms with Crippen molar-refractivity contribution in [1.29, 1.82) is 0 Å². The van der Waals surface area contributed by atoms with E-state index in [9.17, 15) is 9.59 Å². The number of anilines is 1. The Balaban J connectivity index is 1.60. The Labute approximate surface area is 275 Å². The van der Waals surface area contributed by atoms with Gasteiger partial charge in [-0.05, 0) is 76.1 Å². The number of nitrogens with zero attached hydrogens (tertiary/aromatic N) is 5. The van der Waals surface area contributed by atoms with Crippen molar-refractivity contribution >= 4 is 34.5 Å². The van der Waals surface area contributed by atoms with E-state index in [1.54, 1.807) is 9.47 Å². The van der Waals surface area contributed by atoms with Gasteiger partial charge in [-0.1, -0.05) is 80.1 Å². The summed E-state index contributed by atoms with van der Waals surface area (Å²) in [6.07, 6.45) is 5.39. The normalized spacial score (nSPS) is 19.0. The predicted octanol–water partition coefficient (Wildman–Crippen LogP) is 7.71. The number of pyridine rings is 1. The number of rotatable bonds is 2. The molecule has 240 valence electrons. The van der Waals surface area contributed by atoms with E-state index in [-0.39, 0.29) is 24.1 Å². The minimum atomic E-state index is -0.598. The summed E-state index contributed by atoms with van der Waals surface area (Å²) >= 11 is 7.09. The van der Waals surface area contributed by atoms with Crippen molar-refractivity contribution in [2.45, 2.75) is 84.9 Å². The maximum absolute atomic E-state index is 14.4. The van der Waals surface area contributed by atoms with Crippen LogP contribution in [0.1, 0.15) is 71.1 Å². The van der Waals surface area contributed by atoms with Gasteiger partial charge in [0.25, 0.3) is 0 Å². The Bertz CT molecular complexity index is 1910. The lowest BCUT2D eigenvalue weighted by atomic mass is 9.95. The topological polar surface area (TPSA) is 80.6 Å². The summed E-state index contributed by atoms with van der Waals surface area (Å²) in [5.74, 6) is 0.673. The highest BCUT2D eigenvalue weighted by molar-refractivity contribution is 6.34. The number of amides is 1. The lowest BCUT2D eigenvalue weighted by molar-refractivity contribution is 0.0130. The second kappa shape index (κ2) is 12.2. The van der Waals surface area contributed by atoms with Crippen LogP contribution >= 0.6 is 11.6 Å². The molecule has 2 bridgehead atoms. The highest BCUT2D eigenvalue weighted by Gasteiger charge is 2.36. The van der Waals surface area contributed by atoms with Crippen LogP contribution in [0, 0.1) is 0 Å². The van der Waals surface area contributed by atoms with Crippen LogP contribution in [0.2, 0.25) is 5.02 Å². The van der Waals surface area contributed by atoms with E-state index in [0.29, 0.717) is 47.1 Å². The Kier molecular flexibility index (Phi) is 8.44. The van der Waals surface area contributed by atoms with E-state index in [1.165, 1.54) is 0 Å². The molecule has 4 heterocycles. The van der Waals surface area contributed by atoms with Crippen LogP contribution in [0.25, 0.3) is 28.0 Å². The molecule has 4 aromatic rings. The number of allylic oxidation sites excluding steroid dienone is 2. The predicted molar refractivity (Wildman–Crippen MR) is 185 cm³/mol. The maximum atomic E-state index is 14.4. The Morgan fingerprint density at radius 3 is 2.37 bits per heavy atom. The molecule has 0 N–H and O–H groups in total. The van der Waals surface area contributed by atoms with Gasteiger partial charge in [0.1, 0.15) is 11.4 Å². The molecule has 0 aliphatic carbocycles. The lowest BCUT2D eigenvalue weighted by Crippen LogP contribution is -2.59. The molecule has 2 aliphatic rings. The largest absolute Gasteiger partial charge is 0.444 e. The van der Waals surface area contributed by atoms with Gasteiger partial charge in [0.05, 0.1) is 21.8 Å². The molecule has 0 spiro atoms. The summed E-state index contributed by atoms with van der Waals surface area (Å²) in [7, 11) is 0. The van der Waals surface area contributed by atoms with Crippen LogP contribution < -0.4 is 10.6 Å². The van der Waals surface area contributed by atoms with E-state index < -0.39 is 11.3 Å². The molecule has 8 nitrogen and oxygen atoms in total. The van der Waals surface area contributed by atoms with Crippen molar-refractivity contribution < 1.29 is 9.53 Å². The molecule has 1 saturated heterocycles. The minimum absolute atomic E-state index is 0.150. The Morgan fingerprint density at radius 1 is 0.957 bits per heavy atom. The van der Waals surface area contributed by atoms with Crippen molar-refractivity contribution in [3.8, 4) is 16.9 Å². The van der Waals surface area contributed by atoms with Gasteiger partial charge in [-0.15, -0.1) is 0 Å². The second-order valence-electron chi connectivity index (χ2n) is 13.8. The maximum Gasteiger partial charge on any atom is 0.410 e. The number of halogens is 1. The van der Waals surface area contributed by atoms with Crippen molar-refractivity contribution in [3.05, 3.63) is 92.9 Å². The quantitative estimate of drug-likeness (QED) is 0.209. The number of hydrogen-bond donors (Lipinski definition) is 0. The number of fused-ring (bicyclic) bond motifs is 5. The van der Waals surface area contributed by atoms with Crippen LogP contribution in [0.4, 0.5) is 10.6 Å². The first kappa shape index (κ1) is 31.8. The fourth-order valence-electron chi connectivity index (χ4n) is 6.58. The SMILES string of the molecule is CC(C)c1cccc2c1-n1c(=O)nc(N3C[C@@H](C)N(C(=O)OC(C)(C)C)C[C@@H]3C)c3cc(Cl)c(nc31)-c1ccccc1C/C=C/C2. The van der Waals surface area contributed by atoms with Crippen LogP contribution in [0.5, 0.6) is 0 Å². The van der Waals surface area contributed by atoms with E-state index in [1.807, 2.05) is 58.9 Å². The third-order valence-corrected chi connectivity index (χ3v) is 9.09. The molecule has 2 aliphatic heterocycles. The number of ether oxygens (including phenoxy) is 1. The van der Waals surface area contributed by atoms with Crippen molar-refractivity contribution in [3.63, 3.8) is 0 Å². The Hall–Kier alpha value is -4.17. The molecule has 1 amide bonds. The first-order valence-electron chi connectivity index (χ1n) is 16.1. The number of hydrogen-bond acceptors (Lipinski definition) is 6. The molecule has 0 radical (unpaired) electrons. The molecule has 2 aromatic carbocycles. The first-order chi connectivity index (χ1) is 21.8. The van der Waals surface area contributed by atoms with Gasteiger partial charge in [0, 0.05) is 30.7 Å². The molecule has 2 aromatic heterocycles. The van der Waals surface area contributed by atoms with Gasteiger partial charge in [-0.2, -0.15) is 4.98 Å². The van der Waals surface area contributed by atoms with Gasteiger partial charge in [0.15, 0.2) is 5.65 Å². The summed E-state index contributed by atoms with van der Waals surface area (Å²) in [6, 6.07) is 15.9. The zero-order chi connectivity index (χ0) is 32.9. The molecular formula is C37H42ClN5O3. The fraction of sp³-hybridized carbons (Fsp3) is 0.405. The average Bonchev–Trinajstić information content (AvgIpc) is 2.98. The summed E-state index contributed by atoms with van der Waals surface area (Å²) in [6.45, 7) is 14.8. The minimum Gasteiger partial charge on any atom is -0.444 e. The highest BCUT2D eigenvalue weighted by atomic mass is 35.5. The third-order valence-electron chi connectivity index (χ3n) is 8.80. The number of benzene rings is 2. The molecular weight excluding hydrogens is 598 g/mol. The summed E-state index contributed by atoms with van der Waals surface area (Å²) in [4.78, 5) is 41.4. The summed E-state index contributed by atoms with van der Waals surface area (Å²) in [5.41, 5.74) is 5.08. The van der Waals surface area contributed by atoms with Gasteiger partial charge in [-0.25, -0.2) is 19.1 Å². The summed E-state index contributed by atoms with van der Waals surface area (Å²) < 4.78 is 7.39. The van der Waals surface area contributed by atoms with Crippen molar-refractivity contribution in [1.82, 2.24) is 19.4 Å². The second-order valence-corrected chi connectivity index (χ2v) is 14.2. The highest BCUT2D eigenvalue weighted by Crippen LogP contribution is 2.38. The lowest BCUT2D eigenvalue weighted by Gasteiger charge is -2.44. The number of para-hydroxylation sites is 1. The van der Waals surface area contributed by atoms with Gasteiger partial charge in [-0.3, -0.25) is 0 Å². The van der Waals surface area contributed by atoms with Crippen LogP contribution in [0.3, 0.4) is 0 Å². The number of carbonyl (C=O) groups is 1. The van der Waals surface area contributed by atoms with Crippen molar-refractivity contribution in [2.24, 2.45) is 0 Å². The molecule has 1 fully saturated rings. The van der Waals surface area contributed by atoms with Crippen molar-refractivity contribution in [2.75, 3.05) is 18.0 Å². The molecule has 0 saturated carbocycles. The number of carbonyl (C=O) groups excluding carboxylic acids is 1. The number of aromatic nitrogens is 3. The molecule has 6 rings (SSSR count). The standard InChI is InChI=1S/C37H42ClN5O3/c1-22(2)27-18-12-16-26-15-9-8-13-25-14-10-11-17-28(25)31-30(38)19-29-33(40-35(44)43(32(26)27)34(29)39-31)41-20-24(4)42(21-23(41)3)36(45)46-37(5,6)7/h8-12,14,16-19,22-24H,13,15,20-21H2,1-7H3/b9-8+/t23-,24+/m0/s1. The Morgan fingerprint density at radius 2 is 1.65 bits per heavy atom. The first-order valence-corrected chi connectivity index (χ1v) is 16.5. The fourth-order valence-corrected chi connectivity index (χ4v) is 6.83. The number of piperazine rings is 1. The zero-order valence-corrected chi connectivity index (χ0v) is 28.4. The van der Waals surface area contributed by atoms with Gasteiger partial charge in [0.2, 0.25) is 0 Å². The zero-order valence-electron chi connectivity index (χ0n) is 27.7. The van der Waals surface area contributed by atoms with E-state index in [0.717, 1.165) is 34.4 Å². The van der Waals surface area contributed by atoms with Crippen LogP contribution in [-0.4, -0.2) is 56.3 Å². The monoisotopic (exact) mass is 639 g/mol. The smallest absolute Gasteiger partial charge is 0.410 e. The van der Waals surface area contributed by atoms with Gasteiger partial charge >= 0.3 is 11.8 Å². The summed E-state index contributed by atoms with van der Waals surface area (Å²) in [5, 5.41) is 1.17. The van der Waals surface area contributed by atoms with E-state index in [4.69, 9.17) is 26.3 Å². The third kappa shape index (κ3) is 5.91. The van der Waals surface area contributed by atoms with Gasteiger partial charge < -0.3 is 14.5 Å². The molecule has 0 unspecified atom stereocenters. The van der Waals surface area contributed by atoms with Crippen LogP contribution in [-0.2, 0) is 17.6 Å². The van der Waals surface area contributed by atoms with E-state index in [2.05, 4.69) is 55.2 Å². The molecule has 9 heteroatoms. The average molecular weight is 640 g/mol. The molecule has 46 heavy (non-hydrogen) atoms. The molecule has 2 atom stereocenters. The van der Waals surface area contributed by atoms with Crippen LogP contribution in [0.15, 0.2) is 65.5 Å².